The number of hydrogen-bond acceptors (Lipinski definition) is 3. The van der Waals surface area contributed by atoms with Gasteiger partial charge in [0.15, 0.2) is 5.78 Å². The fourth-order valence-electron chi connectivity index (χ4n) is 1.84. The molecule has 0 fully saturated rings. The lowest BCUT2D eigenvalue weighted by atomic mass is 10.1. The number of allylic oxidation sites excluding steroid dienone is 1. The second-order valence-corrected chi connectivity index (χ2v) is 4.32. The maximum Gasteiger partial charge on any atom is 0.189 e. The number of hydrogen-bond donors (Lipinski definition) is 0. The third kappa shape index (κ3) is 3.69. The highest BCUT2D eigenvalue weighted by Gasteiger charge is 2.11. The van der Waals surface area contributed by atoms with E-state index in [1.807, 2.05) is 0 Å². The van der Waals surface area contributed by atoms with Crippen molar-refractivity contribution >= 4 is 11.9 Å². The first-order chi connectivity index (χ1) is 10.1. The molecule has 0 spiro atoms. The fourth-order valence-corrected chi connectivity index (χ4v) is 1.84. The normalized spacial score (nSPS) is 10.6. The molecule has 21 heavy (non-hydrogen) atoms. The summed E-state index contributed by atoms with van der Waals surface area (Å²) in [5.41, 5.74) is 1.15. The van der Waals surface area contributed by atoms with E-state index < -0.39 is 0 Å². The number of carbonyl (C=O) groups excluding carboxylic acids is 1. The molecule has 0 N–H and O–H groups in total. The fraction of sp³-hybridized carbons (Fsp3) is 0.118. The Balaban J connectivity index is 2.25. The van der Waals surface area contributed by atoms with Gasteiger partial charge in [0.1, 0.15) is 17.3 Å². The molecular formula is C17H15FO3. The summed E-state index contributed by atoms with van der Waals surface area (Å²) in [5, 5.41) is 0. The van der Waals surface area contributed by atoms with E-state index in [-0.39, 0.29) is 11.6 Å². The van der Waals surface area contributed by atoms with Gasteiger partial charge in [0.05, 0.1) is 19.8 Å². The zero-order valence-corrected chi connectivity index (χ0v) is 11.8. The van der Waals surface area contributed by atoms with Crippen molar-refractivity contribution in [2.75, 3.05) is 14.2 Å². The first-order valence-corrected chi connectivity index (χ1v) is 6.34. The smallest absolute Gasteiger partial charge is 0.189 e. The Labute approximate surface area is 122 Å². The highest BCUT2D eigenvalue weighted by atomic mass is 19.1. The van der Waals surface area contributed by atoms with Gasteiger partial charge in [-0.3, -0.25) is 4.79 Å². The Morgan fingerprint density at radius 3 is 2.38 bits per heavy atom. The average Bonchev–Trinajstić information content (AvgIpc) is 2.53. The number of ketones is 1. The zero-order chi connectivity index (χ0) is 15.2. The van der Waals surface area contributed by atoms with Gasteiger partial charge in [0, 0.05) is 0 Å². The van der Waals surface area contributed by atoms with Gasteiger partial charge in [-0.2, -0.15) is 0 Å². The number of benzene rings is 2. The van der Waals surface area contributed by atoms with Gasteiger partial charge >= 0.3 is 0 Å². The van der Waals surface area contributed by atoms with Gasteiger partial charge < -0.3 is 9.47 Å². The highest BCUT2D eigenvalue weighted by molar-refractivity contribution is 6.08. The Morgan fingerprint density at radius 2 is 1.76 bits per heavy atom. The standard InChI is InChI=1S/C17H15FO3/c1-20-14-8-10-17(21-2)15(11-14)16(19)9-5-12-3-6-13(18)7-4-12/h3-11H,1-2H3/b9-5+. The molecule has 0 heterocycles. The number of ether oxygens (including phenoxy) is 2. The van der Waals surface area contributed by atoms with E-state index in [4.69, 9.17) is 9.47 Å². The van der Waals surface area contributed by atoms with Crippen LogP contribution in [-0.2, 0) is 0 Å². The summed E-state index contributed by atoms with van der Waals surface area (Å²) < 4.78 is 23.1. The predicted octanol–water partition coefficient (Wildman–Crippen LogP) is 3.74. The molecule has 2 aromatic rings. The predicted molar refractivity (Wildman–Crippen MR) is 79.3 cm³/mol. The van der Waals surface area contributed by atoms with E-state index in [1.165, 1.54) is 32.4 Å². The molecule has 108 valence electrons. The Hall–Kier alpha value is -2.62. The van der Waals surface area contributed by atoms with Crippen LogP contribution < -0.4 is 9.47 Å². The molecule has 0 saturated carbocycles. The van der Waals surface area contributed by atoms with Gasteiger partial charge in [0.2, 0.25) is 0 Å². The van der Waals surface area contributed by atoms with E-state index in [0.717, 1.165) is 5.56 Å². The van der Waals surface area contributed by atoms with Gasteiger partial charge in [-0.25, -0.2) is 4.39 Å². The highest BCUT2D eigenvalue weighted by Crippen LogP contribution is 2.24. The topological polar surface area (TPSA) is 35.5 Å². The van der Waals surface area contributed by atoms with Crippen molar-refractivity contribution in [3.8, 4) is 11.5 Å². The van der Waals surface area contributed by atoms with Crippen LogP contribution in [-0.4, -0.2) is 20.0 Å². The van der Waals surface area contributed by atoms with E-state index in [1.54, 1.807) is 36.4 Å². The van der Waals surface area contributed by atoms with Crippen molar-refractivity contribution in [3.05, 3.63) is 65.5 Å². The van der Waals surface area contributed by atoms with E-state index >= 15 is 0 Å². The number of halogens is 1. The minimum absolute atomic E-state index is 0.213. The third-order valence-electron chi connectivity index (χ3n) is 2.97. The van der Waals surface area contributed by atoms with Gasteiger partial charge in [-0.05, 0) is 42.0 Å². The monoisotopic (exact) mass is 286 g/mol. The molecule has 0 unspecified atom stereocenters. The maximum atomic E-state index is 12.8. The summed E-state index contributed by atoms with van der Waals surface area (Å²) in [6, 6.07) is 10.9. The van der Waals surface area contributed by atoms with Crippen LogP contribution in [0.25, 0.3) is 6.08 Å². The third-order valence-corrected chi connectivity index (χ3v) is 2.97. The largest absolute Gasteiger partial charge is 0.497 e. The van der Waals surface area contributed by atoms with Gasteiger partial charge in [0.25, 0.3) is 0 Å². The molecule has 0 saturated heterocycles. The van der Waals surface area contributed by atoms with Crippen LogP contribution in [0, 0.1) is 5.82 Å². The second-order valence-electron chi connectivity index (χ2n) is 4.32. The van der Waals surface area contributed by atoms with Crippen LogP contribution in [0.4, 0.5) is 4.39 Å². The average molecular weight is 286 g/mol. The maximum absolute atomic E-state index is 12.8. The summed E-state index contributed by atoms with van der Waals surface area (Å²) in [7, 11) is 3.03. The number of methoxy groups -OCH3 is 2. The molecule has 0 bridgehead atoms. The summed E-state index contributed by atoms with van der Waals surface area (Å²) in [6.45, 7) is 0. The van der Waals surface area contributed by atoms with Crippen molar-refractivity contribution in [1.82, 2.24) is 0 Å². The molecule has 0 aromatic heterocycles. The summed E-state index contributed by atoms with van der Waals surface area (Å²) >= 11 is 0. The molecule has 0 radical (unpaired) electrons. The molecule has 0 amide bonds. The van der Waals surface area contributed by atoms with Crippen molar-refractivity contribution in [2.45, 2.75) is 0 Å². The minimum atomic E-state index is -0.312. The van der Waals surface area contributed by atoms with E-state index in [0.29, 0.717) is 17.1 Å². The number of carbonyl (C=O) groups is 1. The van der Waals surface area contributed by atoms with Crippen LogP contribution in [0.2, 0.25) is 0 Å². The van der Waals surface area contributed by atoms with E-state index in [9.17, 15) is 9.18 Å². The van der Waals surface area contributed by atoms with Crippen molar-refractivity contribution in [3.63, 3.8) is 0 Å². The lowest BCUT2D eigenvalue weighted by Gasteiger charge is -2.07. The van der Waals surface area contributed by atoms with E-state index in [2.05, 4.69) is 0 Å². The zero-order valence-electron chi connectivity index (χ0n) is 11.8. The van der Waals surface area contributed by atoms with Gasteiger partial charge in [-0.15, -0.1) is 0 Å². The Bertz CT molecular complexity index is 660. The van der Waals surface area contributed by atoms with Crippen LogP contribution in [0.3, 0.4) is 0 Å². The first-order valence-electron chi connectivity index (χ1n) is 6.34. The number of rotatable bonds is 5. The van der Waals surface area contributed by atoms with Crippen LogP contribution >= 0.6 is 0 Å². The Kier molecular flexibility index (Phi) is 4.72. The lowest BCUT2D eigenvalue weighted by molar-refractivity contribution is 0.104. The SMILES string of the molecule is COc1ccc(OC)c(C(=O)/C=C/c2ccc(F)cc2)c1. The molecule has 3 nitrogen and oxygen atoms in total. The van der Waals surface area contributed by atoms with Crippen LogP contribution in [0.15, 0.2) is 48.5 Å². The van der Waals surface area contributed by atoms with Crippen LogP contribution in [0.5, 0.6) is 11.5 Å². The van der Waals surface area contributed by atoms with Crippen LogP contribution in [0.1, 0.15) is 15.9 Å². The molecule has 0 atom stereocenters. The minimum Gasteiger partial charge on any atom is -0.497 e. The first kappa shape index (κ1) is 14.8. The Morgan fingerprint density at radius 1 is 1.05 bits per heavy atom. The summed E-state index contributed by atoms with van der Waals surface area (Å²) in [5.74, 6) is 0.530. The summed E-state index contributed by atoms with van der Waals surface area (Å²) in [6.07, 6.45) is 3.05. The molecule has 2 aromatic carbocycles. The molecule has 4 heteroatoms. The molecular weight excluding hydrogens is 271 g/mol. The molecule has 0 aliphatic rings. The molecule has 0 aliphatic carbocycles. The van der Waals surface area contributed by atoms with Gasteiger partial charge in [-0.1, -0.05) is 18.2 Å². The van der Waals surface area contributed by atoms with Crippen molar-refractivity contribution in [2.24, 2.45) is 0 Å². The lowest BCUT2D eigenvalue weighted by Crippen LogP contribution is -1.99. The quantitative estimate of drug-likeness (QED) is 0.620. The summed E-state index contributed by atoms with van der Waals surface area (Å²) in [4.78, 5) is 12.2. The molecule has 2 rings (SSSR count). The van der Waals surface area contributed by atoms with Crippen molar-refractivity contribution in [1.29, 1.82) is 0 Å². The second kappa shape index (κ2) is 6.70. The van der Waals surface area contributed by atoms with Crippen molar-refractivity contribution < 1.29 is 18.7 Å². The molecule has 0 aliphatic heterocycles.